The molecule has 1 aromatic heterocycles. The number of fused-ring (bicyclic) bond motifs is 4. The number of aliphatic hydroxyl groups is 1. The lowest BCUT2D eigenvalue weighted by Crippen LogP contribution is -2.47. The van der Waals surface area contributed by atoms with Gasteiger partial charge in [0.25, 0.3) is 11.8 Å². The number of imide groups is 1. The fraction of sp³-hybridized carbons (Fsp3) is 0.261. The number of carbonyl (C=O) groups is 3. The van der Waals surface area contributed by atoms with E-state index in [2.05, 4.69) is 4.98 Å². The van der Waals surface area contributed by atoms with Crippen LogP contribution in [0.3, 0.4) is 0 Å². The van der Waals surface area contributed by atoms with Gasteiger partial charge in [-0.05, 0) is 30.2 Å². The third-order valence-electron chi connectivity index (χ3n) is 6.07. The highest BCUT2D eigenvalue weighted by Crippen LogP contribution is 2.30. The molecule has 0 fully saturated rings. The third kappa shape index (κ3) is 2.81. The first-order valence-corrected chi connectivity index (χ1v) is 10.0. The molecule has 3 aromatic rings. The number of amides is 3. The van der Waals surface area contributed by atoms with Crippen LogP contribution in [0.2, 0.25) is 0 Å². The van der Waals surface area contributed by atoms with Gasteiger partial charge in [0.2, 0.25) is 5.91 Å². The Morgan fingerprint density at radius 2 is 1.70 bits per heavy atom. The molecule has 1 atom stereocenters. The summed E-state index contributed by atoms with van der Waals surface area (Å²) in [5.41, 5.74) is 3.87. The summed E-state index contributed by atoms with van der Waals surface area (Å²) in [4.78, 5) is 44.2. The van der Waals surface area contributed by atoms with Crippen molar-refractivity contribution in [1.29, 1.82) is 0 Å². The number of nitrogens with one attached hydrogen (secondary N) is 1. The van der Waals surface area contributed by atoms with E-state index in [0.29, 0.717) is 24.1 Å². The van der Waals surface area contributed by atoms with Crippen molar-refractivity contribution in [2.45, 2.75) is 25.4 Å². The van der Waals surface area contributed by atoms with Crippen LogP contribution >= 0.6 is 0 Å². The number of carbonyl (C=O) groups excluding carboxylic acids is 3. The van der Waals surface area contributed by atoms with Crippen molar-refractivity contribution < 1.29 is 19.5 Å². The molecule has 1 unspecified atom stereocenters. The molecule has 0 bridgehead atoms. The van der Waals surface area contributed by atoms with Gasteiger partial charge < -0.3 is 15.0 Å². The number of aromatic nitrogens is 1. The maximum Gasteiger partial charge on any atom is 0.261 e. The van der Waals surface area contributed by atoms with Crippen molar-refractivity contribution in [3.63, 3.8) is 0 Å². The van der Waals surface area contributed by atoms with E-state index >= 15 is 0 Å². The van der Waals surface area contributed by atoms with Crippen LogP contribution in [0.15, 0.2) is 48.5 Å². The first-order chi connectivity index (χ1) is 14.6. The molecular weight excluding hydrogens is 382 g/mol. The smallest absolute Gasteiger partial charge is 0.261 e. The number of hydrogen-bond donors (Lipinski definition) is 2. The highest BCUT2D eigenvalue weighted by molar-refractivity contribution is 6.21. The van der Waals surface area contributed by atoms with Crippen LogP contribution < -0.4 is 0 Å². The zero-order valence-corrected chi connectivity index (χ0v) is 16.3. The quantitative estimate of drug-likeness (QED) is 0.653. The Bertz CT molecular complexity index is 1150. The van der Waals surface area contributed by atoms with Crippen LogP contribution in [0.1, 0.15) is 38.4 Å². The van der Waals surface area contributed by atoms with Crippen LogP contribution in [-0.2, 0) is 17.8 Å². The largest absolute Gasteiger partial charge is 0.394 e. The van der Waals surface area contributed by atoms with Crippen molar-refractivity contribution in [2.75, 3.05) is 13.2 Å². The highest BCUT2D eigenvalue weighted by atomic mass is 16.3. The Hall–Kier alpha value is -3.45. The third-order valence-corrected chi connectivity index (χ3v) is 6.07. The Kier molecular flexibility index (Phi) is 4.40. The minimum atomic E-state index is -0.362. The van der Waals surface area contributed by atoms with Gasteiger partial charge >= 0.3 is 0 Å². The number of rotatable bonds is 4. The maximum absolute atomic E-state index is 13.0. The van der Waals surface area contributed by atoms with E-state index in [4.69, 9.17) is 0 Å². The van der Waals surface area contributed by atoms with Gasteiger partial charge in [0.1, 0.15) is 0 Å². The molecule has 2 aliphatic rings. The fourth-order valence-electron chi connectivity index (χ4n) is 4.52. The second kappa shape index (κ2) is 7.11. The molecule has 0 radical (unpaired) electrons. The van der Waals surface area contributed by atoms with Crippen LogP contribution in [0, 0.1) is 0 Å². The predicted octanol–water partition coefficient (Wildman–Crippen LogP) is 2.10. The summed E-state index contributed by atoms with van der Waals surface area (Å²) in [6.45, 7) is 0.257. The summed E-state index contributed by atoms with van der Waals surface area (Å²) in [6, 6.07) is 14.3. The van der Waals surface area contributed by atoms with Gasteiger partial charge in [-0.15, -0.1) is 0 Å². The number of benzene rings is 2. The molecule has 0 spiro atoms. The molecule has 2 aliphatic heterocycles. The van der Waals surface area contributed by atoms with Crippen molar-refractivity contribution in [1.82, 2.24) is 14.8 Å². The van der Waals surface area contributed by atoms with Crippen LogP contribution in [0.4, 0.5) is 0 Å². The summed E-state index contributed by atoms with van der Waals surface area (Å²) < 4.78 is 0. The zero-order chi connectivity index (χ0) is 20.8. The molecule has 2 N–H and O–H groups in total. The minimum absolute atomic E-state index is 0.0253. The molecular formula is C23H21N3O4. The summed E-state index contributed by atoms with van der Waals surface area (Å²) in [5.74, 6) is -0.910. The molecule has 152 valence electrons. The van der Waals surface area contributed by atoms with E-state index in [9.17, 15) is 19.5 Å². The first kappa shape index (κ1) is 18.6. The topological polar surface area (TPSA) is 93.7 Å². The van der Waals surface area contributed by atoms with Crippen molar-refractivity contribution in [2.24, 2.45) is 0 Å². The van der Waals surface area contributed by atoms with Crippen molar-refractivity contribution in [3.8, 4) is 0 Å². The first-order valence-electron chi connectivity index (χ1n) is 10.0. The van der Waals surface area contributed by atoms with Crippen LogP contribution in [0.5, 0.6) is 0 Å². The molecule has 0 aliphatic carbocycles. The van der Waals surface area contributed by atoms with Gasteiger partial charge in [0, 0.05) is 29.6 Å². The van der Waals surface area contributed by atoms with Crippen molar-refractivity contribution in [3.05, 3.63) is 70.9 Å². The van der Waals surface area contributed by atoms with Crippen molar-refractivity contribution >= 4 is 28.6 Å². The molecule has 3 amide bonds. The molecule has 0 saturated heterocycles. The van der Waals surface area contributed by atoms with Gasteiger partial charge in [-0.1, -0.05) is 30.3 Å². The van der Waals surface area contributed by atoms with E-state index in [-0.39, 0.29) is 43.3 Å². The van der Waals surface area contributed by atoms with E-state index in [1.54, 1.807) is 29.2 Å². The lowest BCUT2D eigenvalue weighted by atomic mass is 9.96. The number of aromatic amines is 1. The molecule has 5 rings (SSSR count). The van der Waals surface area contributed by atoms with Gasteiger partial charge in [0.05, 0.1) is 30.3 Å². The second-order valence-corrected chi connectivity index (χ2v) is 7.75. The summed E-state index contributed by atoms with van der Waals surface area (Å²) >= 11 is 0. The number of hydrogen-bond acceptors (Lipinski definition) is 4. The molecule has 30 heavy (non-hydrogen) atoms. The van der Waals surface area contributed by atoms with E-state index in [0.717, 1.165) is 27.1 Å². The SMILES string of the molecule is O=C1c2ccccc2C(=O)N1CCC(=O)N1Cc2[nH]c3ccccc3c2CC1CO. The Morgan fingerprint density at radius 3 is 2.40 bits per heavy atom. The predicted molar refractivity (Wildman–Crippen MR) is 110 cm³/mol. The maximum atomic E-state index is 13.0. The molecule has 3 heterocycles. The minimum Gasteiger partial charge on any atom is -0.394 e. The number of aliphatic hydroxyl groups excluding tert-OH is 1. The Morgan fingerprint density at radius 1 is 1.03 bits per heavy atom. The van der Waals surface area contributed by atoms with Gasteiger partial charge in [0.15, 0.2) is 0 Å². The Labute approximate surface area is 172 Å². The number of para-hydroxylation sites is 1. The summed E-state index contributed by atoms with van der Waals surface area (Å²) in [5, 5.41) is 11.0. The zero-order valence-electron chi connectivity index (χ0n) is 16.3. The second-order valence-electron chi connectivity index (χ2n) is 7.75. The lowest BCUT2D eigenvalue weighted by molar-refractivity contribution is -0.135. The normalized spacial score (nSPS) is 18.1. The summed E-state index contributed by atoms with van der Waals surface area (Å²) in [7, 11) is 0. The molecule has 0 saturated carbocycles. The van der Waals surface area contributed by atoms with Gasteiger partial charge in [-0.3, -0.25) is 19.3 Å². The van der Waals surface area contributed by atoms with Crippen LogP contribution in [0.25, 0.3) is 10.9 Å². The highest BCUT2D eigenvalue weighted by Gasteiger charge is 2.36. The standard InChI is InChI=1S/C23H21N3O4/c27-13-14-11-18-15-5-3-4-8-19(15)24-20(18)12-26(14)21(28)9-10-25-22(29)16-6-1-2-7-17(16)23(25)30/h1-8,14,24,27H,9-13H2. The van der Waals surface area contributed by atoms with Crippen LogP contribution in [-0.4, -0.2) is 56.8 Å². The van der Waals surface area contributed by atoms with E-state index in [1.165, 1.54) is 0 Å². The number of H-pyrrole nitrogens is 1. The number of nitrogens with zero attached hydrogens (tertiary/aromatic N) is 2. The van der Waals surface area contributed by atoms with E-state index in [1.807, 2.05) is 24.3 Å². The average Bonchev–Trinajstić information content (AvgIpc) is 3.26. The molecule has 2 aromatic carbocycles. The molecule has 7 heteroatoms. The summed E-state index contributed by atoms with van der Waals surface area (Å²) in [6.07, 6.45) is 0.589. The van der Waals surface area contributed by atoms with E-state index < -0.39 is 0 Å². The van der Waals surface area contributed by atoms with Gasteiger partial charge in [-0.2, -0.15) is 0 Å². The Balaban J connectivity index is 1.33. The van der Waals surface area contributed by atoms with Gasteiger partial charge in [-0.25, -0.2) is 0 Å². The monoisotopic (exact) mass is 403 g/mol. The molecule has 7 nitrogen and oxygen atoms in total. The fourth-order valence-corrected chi connectivity index (χ4v) is 4.52. The average molecular weight is 403 g/mol. The lowest BCUT2D eigenvalue weighted by Gasteiger charge is -2.35.